The van der Waals surface area contributed by atoms with Crippen LogP contribution < -0.4 is 9.47 Å². The highest BCUT2D eigenvalue weighted by Crippen LogP contribution is 2.32. The molecule has 6 nitrogen and oxygen atoms in total. The Morgan fingerprint density at radius 2 is 1.84 bits per heavy atom. The third-order valence-electron chi connectivity index (χ3n) is 4.37. The minimum Gasteiger partial charge on any atom is -0.454 e. The molecular formula is C19H23NO5. The Kier molecular flexibility index (Phi) is 5.58. The number of benzene rings is 1. The summed E-state index contributed by atoms with van der Waals surface area (Å²) in [6.45, 7) is 3.32. The zero-order chi connectivity index (χ0) is 17.6. The van der Waals surface area contributed by atoms with Crippen molar-refractivity contribution in [3.8, 4) is 11.5 Å². The molecule has 1 saturated heterocycles. The van der Waals surface area contributed by atoms with Gasteiger partial charge in [0, 0.05) is 19.2 Å². The van der Waals surface area contributed by atoms with Gasteiger partial charge in [0.15, 0.2) is 17.6 Å². The van der Waals surface area contributed by atoms with Crippen molar-refractivity contribution >= 4 is 18.0 Å². The van der Waals surface area contributed by atoms with Crippen LogP contribution in [-0.2, 0) is 14.3 Å². The lowest BCUT2D eigenvalue weighted by molar-refractivity contribution is -0.155. The van der Waals surface area contributed by atoms with Crippen LogP contribution in [0.15, 0.2) is 24.3 Å². The number of ether oxygens (including phenoxy) is 3. The molecule has 1 aromatic rings. The quantitative estimate of drug-likeness (QED) is 0.620. The maximum atomic E-state index is 12.4. The molecule has 6 heteroatoms. The minimum atomic E-state index is -0.771. The summed E-state index contributed by atoms with van der Waals surface area (Å²) in [6.07, 6.45) is 6.50. The Hall–Kier alpha value is -2.50. The van der Waals surface area contributed by atoms with Crippen molar-refractivity contribution in [1.82, 2.24) is 4.90 Å². The largest absolute Gasteiger partial charge is 0.454 e. The first-order valence-corrected chi connectivity index (χ1v) is 8.70. The normalized spacial score (nSPS) is 18.0. The monoisotopic (exact) mass is 345 g/mol. The summed E-state index contributed by atoms with van der Waals surface area (Å²) in [5.74, 6) is 0.691. The molecule has 0 spiro atoms. The van der Waals surface area contributed by atoms with Crippen molar-refractivity contribution in [3.05, 3.63) is 29.8 Å². The second-order valence-corrected chi connectivity index (χ2v) is 6.26. The Morgan fingerprint density at radius 3 is 2.60 bits per heavy atom. The Balaban J connectivity index is 1.53. The molecule has 134 valence electrons. The molecule has 2 aliphatic rings. The van der Waals surface area contributed by atoms with Crippen molar-refractivity contribution in [3.63, 3.8) is 0 Å². The topological polar surface area (TPSA) is 65.1 Å². The maximum absolute atomic E-state index is 12.4. The highest BCUT2D eigenvalue weighted by molar-refractivity contribution is 5.90. The lowest BCUT2D eigenvalue weighted by Gasteiger charge is -2.23. The molecule has 1 atom stereocenters. The van der Waals surface area contributed by atoms with E-state index in [2.05, 4.69) is 0 Å². The van der Waals surface area contributed by atoms with Gasteiger partial charge in [-0.3, -0.25) is 4.79 Å². The first kappa shape index (κ1) is 17.3. The molecule has 0 radical (unpaired) electrons. The van der Waals surface area contributed by atoms with Crippen molar-refractivity contribution in [1.29, 1.82) is 0 Å². The second kappa shape index (κ2) is 8.05. The first-order valence-electron chi connectivity index (χ1n) is 8.70. The second-order valence-electron chi connectivity index (χ2n) is 6.26. The summed E-state index contributed by atoms with van der Waals surface area (Å²) in [4.78, 5) is 26.2. The lowest BCUT2D eigenvalue weighted by atomic mass is 10.2. The number of esters is 1. The van der Waals surface area contributed by atoms with E-state index in [0.717, 1.165) is 44.3 Å². The van der Waals surface area contributed by atoms with Crippen molar-refractivity contribution < 1.29 is 23.8 Å². The van der Waals surface area contributed by atoms with Gasteiger partial charge in [0.2, 0.25) is 6.79 Å². The van der Waals surface area contributed by atoms with Gasteiger partial charge < -0.3 is 19.1 Å². The van der Waals surface area contributed by atoms with Gasteiger partial charge in [-0.2, -0.15) is 0 Å². The fourth-order valence-electron chi connectivity index (χ4n) is 2.99. The first-order chi connectivity index (χ1) is 12.1. The highest BCUT2D eigenvalue weighted by atomic mass is 16.7. The van der Waals surface area contributed by atoms with E-state index in [1.54, 1.807) is 30.0 Å². The number of carbonyl (C=O) groups is 2. The third kappa shape index (κ3) is 4.53. The minimum absolute atomic E-state index is 0.119. The highest BCUT2D eigenvalue weighted by Gasteiger charge is 2.23. The van der Waals surface area contributed by atoms with Gasteiger partial charge in [0.1, 0.15) is 0 Å². The Labute approximate surface area is 147 Å². The SMILES string of the molecule is C[C@H](OC(=O)/C=C/c1ccc2c(c1)OCO2)C(=O)N1CCCCCC1. The van der Waals surface area contributed by atoms with Gasteiger partial charge in [0.05, 0.1) is 0 Å². The van der Waals surface area contributed by atoms with Gasteiger partial charge in [0.25, 0.3) is 5.91 Å². The van der Waals surface area contributed by atoms with Crippen LogP contribution in [0.1, 0.15) is 38.2 Å². The Morgan fingerprint density at radius 1 is 1.12 bits per heavy atom. The van der Waals surface area contributed by atoms with Crippen molar-refractivity contribution in [2.75, 3.05) is 19.9 Å². The van der Waals surface area contributed by atoms with Crippen LogP contribution in [-0.4, -0.2) is 42.8 Å². The molecule has 0 saturated carbocycles. The van der Waals surface area contributed by atoms with Gasteiger partial charge in [-0.05, 0) is 43.5 Å². The number of hydrogen-bond acceptors (Lipinski definition) is 5. The average molecular weight is 345 g/mol. The van der Waals surface area contributed by atoms with Gasteiger partial charge in [-0.1, -0.05) is 18.9 Å². The summed E-state index contributed by atoms with van der Waals surface area (Å²) in [5, 5.41) is 0. The molecule has 1 aromatic carbocycles. The predicted octanol–water partition coefficient (Wildman–Crippen LogP) is 2.76. The number of carbonyl (C=O) groups excluding carboxylic acids is 2. The van der Waals surface area contributed by atoms with Crippen molar-refractivity contribution in [2.24, 2.45) is 0 Å². The molecule has 3 rings (SSSR count). The molecule has 0 unspecified atom stereocenters. The van der Waals surface area contributed by atoms with E-state index in [0.29, 0.717) is 11.5 Å². The fourth-order valence-corrected chi connectivity index (χ4v) is 2.99. The molecule has 0 aliphatic carbocycles. The zero-order valence-electron chi connectivity index (χ0n) is 14.4. The molecule has 0 N–H and O–H groups in total. The molecule has 0 aromatic heterocycles. The molecule has 0 bridgehead atoms. The van der Waals surface area contributed by atoms with Crippen LogP contribution in [0, 0.1) is 0 Å². The van der Waals surface area contributed by atoms with E-state index in [-0.39, 0.29) is 12.7 Å². The third-order valence-corrected chi connectivity index (χ3v) is 4.37. The van der Waals surface area contributed by atoms with E-state index in [1.807, 2.05) is 6.07 Å². The van der Waals surface area contributed by atoms with E-state index >= 15 is 0 Å². The number of hydrogen-bond donors (Lipinski definition) is 0. The van der Waals surface area contributed by atoms with E-state index in [9.17, 15) is 9.59 Å². The van der Waals surface area contributed by atoms with E-state index in [1.165, 1.54) is 6.08 Å². The number of fused-ring (bicyclic) bond motifs is 1. The van der Waals surface area contributed by atoms with E-state index < -0.39 is 12.1 Å². The predicted molar refractivity (Wildman–Crippen MR) is 92.2 cm³/mol. The molecule has 1 fully saturated rings. The summed E-state index contributed by atoms with van der Waals surface area (Å²) in [6, 6.07) is 5.40. The van der Waals surface area contributed by atoms with Crippen LogP contribution >= 0.6 is 0 Å². The summed E-state index contributed by atoms with van der Waals surface area (Å²) in [7, 11) is 0. The Bertz CT molecular complexity index is 662. The van der Waals surface area contributed by atoms with Gasteiger partial charge in [-0.15, -0.1) is 0 Å². The van der Waals surface area contributed by atoms with Crippen LogP contribution in [0.5, 0.6) is 11.5 Å². The summed E-state index contributed by atoms with van der Waals surface area (Å²) in [5.41, 5.74) is 0.799. The van der Waals surface area contributed by atoms with Crippen molar-refractivity contribution in [2.45, 2.75) is 38.7 Å². The summed E-state index contributed by atoms with van der Waals surface area (Å²) >= 11 is 0. The smallest absolute Gasteiger partial charge is 0.331 e. The number of rotatable bonds is 4. The molecular weight excluding hydrogens is 322 g/mol. The van der Waals surface area contributed by atoms with Crippen LogP contribution in [0.3, 0.4) is 0 Å². The molecule has 1 amide bonds. The fraction of sp³-hybridized carbons (Fsp3) is 0.474. The molecule has 2 aliphatic heterocycles. The summed E-state index contributed by atoms with van der Waals surface area (Å²) < 4.78 is 15.8. The number of likely N-dealkylation sites (tertiary alicyclic amines) is 1. The van der Waals surface area contributed by atoms with E-state index in [4.69, 9.17) is 14.2 Å². The molecule has 2 heterocycles. The van der Waals surface area contributed by atoms with Crippen LogP contribution in [0.2, 0.25) is 0 Å². The van der Waals surface area contributed by atoms with Crippen LogP contribution in [0.4, 0.5) is 0 Å². The van der Waals surface area contributed by atoms with Crippen LogP contribution in [0.25, 0.3) is 6.08 Å². The zero-order valence-corrected chi connectivity index (χ0v) is 14.4. The van der Waals surface area contributed by atoms with Gasteiger partial charge in [-0.25, -0.2) is 4.79 Å². The maximum Gasteiger partial charge on any atom is 0.331 e. The molecule has 25 heavy (non-hydrogen) atoms. The number of nitrogens with zero attached hydrogens (tertiary/aromatic N) is 1. The standard InChI is InChI=1S/C19H23NO5/c1-14(19(22)20-10-4-2-3-5-11-20)25-18(21)9-7-15-6-8-16-17(12-15)24-13-23-16/h6-9,12,14H,2-5,10-11,13H2,1H3/b9-7+/t14-/m0/s1. The lowest BCUT2D eigenvalue weighted by Crippen LogP contribution is -2.40. The average Bonchev–Trinajstić information content (AvgIpc) is 2.91. The van der Waals surface area contributed by atoms with Gasteiger partial charge >= 0.3 is 5.97 Å². The number of amides is 1.